The average Bonchev–Trinajstić information content (AvgIpc) is 3.43. The smallest absolute Gasteiger partial charge is 0.274 e. The van der Waals surface area contributed by atoms with E-state index in [9.17, 15) is 9.59 Å². The lowest BCUT2D eigenvalue weighted by atomic mass is 9.78. The molecule has 0 spiro atoms. The van der Waals surface area contributed by atoms with E-state index < -0.39 is 5.41 Å². The van der Waals surface area contributed by atoms with Gasteiger partial charge in [-0.05, 0) is 47.7 Å². The van der Waals surface area contributed by atoms with Crippen LogP contribution in [-0.2, 0) is 16.6 Å². The molecule has 1 aromatic carbocycles. The van der Waals surface area contributed by atoms with E-state index in [2.05, 4.69) is 36.0 Å². The summed E-state index contributed by atoms with van der Waals surface area (Å²) in [4.78, 5) is 31.6. The molecule has 0 unspecified atom stereocenters. The van der Waals surface area contributed by atoms with Gasteiger partial charge in [-0.25, -0.2) is 0 Å². The number of primary amides is 1. The van der Waals surface area contributed by atoms with Crippen molar-refractivity contribution in [3.63, 3.8) is 0 Å². The standard InChI is InChI=1S/C25H29N5O2/c1-24(2,3)21-14-20(28-29-21)22(31)30-13-10-25(16-30,23(26)32)15-18-6-4-5-7-19(18)17-8-11-27-12-9-17/h4-9,11-12,14H,10,13,15-16H2,1-3H3,(H2,26,32)(H,28,29)/t25-/m0/s1. The van der Waals surface area contributed by atoms with Crippen molar-refractivity contribution >= 4 is 11.8 Å². The molecular formula is C25H29N5O2. The van der Waals surface area contributed by atoms with Crippen molar-refractivity contribution in [2.45, 2.75) is 39.0 Å². The highest BCUT2D eigenvalue weighted by Gasteiger charge is 2.45. The summed E-state index contributed by atoms with van der Waals surface area (Å²) in [6.45, 7) is 6.93. The Balaban J connectivity index is 1.59. The molecular weight excluding hydrogens is 402 g/mol. The Hall–Kier alpha value is -3.48. The van der Waals surface area contributed by atoms with Crippen molar-refractivity contribution < 1.29 is 9.59 Å². The Bertz CT molecular complexity index is 1130. The first-order valence-corrected chi connectivity index (χ1v) is 10.8. The number of nitrogens with zero attached hydrogens (tertiary/aromatic N) is 3. The van der Waals surface area contributed by atoms with Crippen LogP contribution in [0.5, 0.6) is 0 Å². The maximum atomic E-state index is 13.1. The molecule has 4 rings (SSSR count). The number of likely N-dealkylation sites (tertiary alicyclic amines) is 1. The maximum Gasteiger partial charge on any atom is 0.274 e. The normalized spacial score (nSPS) is 18.7. The first-order valence-electron chi connectivity index (χ1n) is 10.8. The van der Waals surface area contributed by atoms with E-state index in [1.54, 1.807) is 23.4 Å². The number of carbonyl (C=O) groups is 2. The van der Waals surface area contributed by atoms with Gasteiger partial charge in [0.05, 0.1) is 5.41 Å². The lowest BCUT2D eigenvalue weighted by Crippen LogP contribution is -2.42. The second-order valence-corrected chi connectivity index (χ2v) is 9.61. The number of benzene rings is 1. The third-order valence-electron chi connectivity index (χ3n) is 6.31. The van der Waals surface area contributed by atoms with Crippen LogP contribution in [-0.4, -0.2) is 45.0 Å². The van der Waals surface area contributed by atoms with E-state index in [1.165, 1.54) is 0 Å². The van der Waals surface area contributed by atoms with Crippen molar-refractivity contribution in [3.05, 3.63) is 71.8 Å². The van der Waals surface area contributed by atoms with Gasteiger partial charge in [-0.2, -0.15) is 5.10 Å². The van der Waals surface area contributed by atoms with Gasteiger partial charge in [0, 0.05) is 36.6 Å². The predicted molar refractivity (Wildman–Crippen MR) is 123 cm³/mol. The molecule has 1 fully saturated rings. The van der Waals surface area contributed by atoms with Crippen LogP contribution in [0.25, 0.3) is 11.1 Å². The predicted octanol–water partition coefficient (Wildman–Crippen LogP) is 3.33. The first-order chi connectivity index (χ1) is 15.2. The van der Waals surface area contributed by atoms with Crippen LogP contribution >= 0.6 is 0 Å². The Morgan fingerprint density at radius 2 is 1.88 bits per heavy atom. The van der Waals surface area contributed by atoms with Crippen LogP contribution in [0.1, 0.15) is 48.9 Å². The lowest BCUT2D eigenvalue weighted by Gasteiger charge is -2.27. The Morgan fingerprint density at radius 3 is 2.53 bits per heavy atom. The van der Waals surface area contributed by atoms with Gasteiger partial charge in [-0.15, -0.1) is 0 Å². The van der Waals surface area contributed by atoms with Crippen molar-refractivity contribution in [2.24, 2.45) is 11.1 Å². The summed E-state index contributed by atoms with van der Waals surface area (Å²) in [5.74, 6) is -0.558. The number of pyridine rings is 1. The van der Waals surface area contributed by atoms with Gasteiger partial charge in [-0.1, -0.05) is 45.0 Å². The summed E-state index contributed by atoms with van der Waals surface area (Å²) >= 11 is 0. The molecule has 0 radical (unpaired) electrons. The topological polar surface area (TPSA) is 105 Å². The van der Waals surface area contributed by atoms with Gasteiger partial charge in [0.1, 0.15) is 5.69 Å². The van der Waals surface area contributed by atoms with E-state index in [1.807, 2.05) is 36.4 Å². The Labute approximate surface area is 188 Å². The van der Waals surface area contributed by atoms with Crippen LogP contribution in [0.3, 0.4) is 0 Å². The van der Waals surface area contributed by atoms with Gasteiger partial charge in [0.25, 0.3) is 5.91 Å². The highest BCUT2D eigenvalue weighted by atomic mass is 16.2. The molecule has 7 heteroatoms. The summed E-state index contributed by atoms with van der Waals surface area (Å²) in [7, 11) is 0. The number of carbonyl (C=O) groups excluding carboxylic acids is 2. The van der Waals surface area contributed by atoms with E-state index >= 15 is 0 Å². The summed E-state index contributed by atoms with van der Waals surface area (Å²) < 4.78 is 0. The van der Waals surface area contributed by atoms with Crippen LogP contribution in [0.2, 0.25) is 0 Å². The molecule has 2 aromatic heterocycles. The molecule has 1 aliphatic rings. The summed E-state index contributed by atoms with van der Waals surface area (Å²) in [5.41, 5.74) is 9.34. The molecule has 0 aliphatic carbocycles. The second kappa shape index (κ2) is 8.22. The molecule has 166 valence electrons. The fourth-order valence-electron chi connectivity index (χ4n) is 4.31. The number of nitrogens with two attached hydrogens (primary N) is 1. The monoisotopic (exact) mass is 431 g/mol. The molecule has 2 amide bonds. The number of nitrogens with one attached hydrogen (secondary N) is 1. The molecule has 7 nitrogen and oxygen atoms in total. The molecule has 0 bridgehead atoms. The minimum Gasteiger partial charge on any atom is -0.369 e. The molecule has 3 N–H and O–H groups in total. The largest absolute Gasteiger partial charge is 0.369 e. The minimum absolute atomic E-state index is 0.135. The number of rotatable bonds is 5. The van der Waals surface area contributed by atoms with Crippen LogP contribution in [0.4, 0.5) is 0 Å². The van der Waals surface area contributed by atoms with Crippen molar-refractivity contribution in [1.82, 2.24) is 20.1 Å². The molecule has 3 heterocycles. The highest BCUT2D eigenvalue weighted by molar-refractivity contribution is 5.94. The summed E-state index contributed by atoms with van der Waals surface area (Å²) in [5, 5.41) is 7.18. The number of amides is 2. The van der Waals surface area contributed by atoms with E-state index in [0.717, 1.165) is 22.4 Å². The fraction of sp³-hybridized carbons (Fsp3) is 0.360. The number of aromatic amines is 1. The number of H-pyrrole nitrogens is 1. The Morgan fingerprint density at radius 1 is 1.16 bits per heavy atom. The van der Waals surface area contributed by atoms with Crippen molar-refractivity contribution in [1.29, 1.82) is 0 Å². The molecule has 1 atom stereocenters. The SMILES string of the molecule is CC(C)(C)c1cc(C(=O)N2CC[C@@](Cc3ccccc3-c3ccncc3)(C(N)=O)C2)n[nH]1. The average molecular weight is 432 g/mol. The van der Waals surface area contributed by atoms with Gasteiger partial charge < -0.3 is 10.6 Å². The summed E-state index contributed by atoms with van der Waals surface area (Å²) in [6.07, 6.45) is 4.50. The number of aromatic nitrogens is 3. The van der Waals surface area contributed by atoms with E-state index in [-0.39, 0.29) is 23.8 Å². The molecule has 32 heavy (non-hydrogen) atoms. The second-order valence-electron chi connectivity index (χ2n) is 9.61. The zero-order valence-electron chi connectivity index (χ0n) is 18.8. The van der Waals surface area contributed by atoms with Crippen LogP contribution < -0.4 is 5.73 Å². The quantitative estimate of drug-likeness (QED) is 0.646. The highest BCUT2D eigenvalue weighted by Crippen LogP contribution is 2.37. The number of hydrogen-bond donors (Lipinski definition) is 2. The number of hydrogen-bond acceptors (Lipinski definition) is 4. The van der Waals surface area contributed by atoms with Gasteiger partial charge in [0.15, 0.2) is 0 Å². The van der Waals surface area contributed by atoms with Gasteiger partial charge in [0.2, 0.25) is 5.91 Å². The van der Waals surface area contributed by atoms with E-state index in [4.69, 9.17) is 5.73 Å². The summed E-state index contributed by atoms with van der Waals surface area (Å²) in [6, 6.07) is 13.7. The lowest BCUT2D eigenvalue weighted by molar-refractivity contribution is -0.126. The zero-order valence-corrected chi connectivity index (χ0v) is 18.8. The first kappa shape index (κ1) is 21.7. The van der Waals surface area contributed by atoms with Crippen LogP contribution in [0, 0.1) is 5.41 Å². The maximum absolute atomic E-state index is 13.1. The van der Waals surface area contributed by atoms with Gasteiger partial charge in [-0.3, -0.25) is 19.7 Å². The van der Waals surface area contributed by atoms with Crippen molar-refractivity contribution in [2.75, 3.05) is 13.1 Å². The molecule has 1 aliphatic heterocycles. The van der Waals surface area contributed by atoms with Gasteiger partial charge >= 0.3 is 0 Å². The third-order valence-corrected chi connectivity index (χ3v) is 6.31. The fourth-order valence-corrected chi connectivity index (χ4v) is 4.31. The third kappa shape index (κ3) is 4.15. The van der Waals surface area contributed by atoms with E-state index in [0.29, 0.717) is 25.1 Å². The zero-order chi connectivity index (χ0) is 22.9. The molecule has 0 saturated carbocycles. The molecule has 1 saturated heterocycles. The van der Waals surface area contributed by atoms with Crippen molar-refractivity contribution in [3.8, 4) is 11.1 Å². The molecule has 3 aromatic rings. The van der Waals surface area contributed by atoms with Crippen LogP contribution in [0.15, 0.2) is 54.9 Å². The minimum atomic E-state index is -0.818. The Kier molecular flexibility index (Phi) is 5.59.